The maximum Gasteiger partial charge on any atom is 0.418 e. The van der Waals surface area contributed by atoms with Crippen LogP contribution in [-0.2, 0) is 10.9 Å². The van der Waals surface area contributed by atoms with E-state index in [1.165, 1.54) is 9.80 Å². The van der Waals surface area contributed by atoms with Gasteiger partial charge in [-0.2, -0.15) is 13.2 Å². The Hall–Kier alpha value is -2.52. The molecule has 0 spiro atoms. The van der Waals surface area contributed by atoms with Gasteiger partial charge in [0.05, 0.1) is 10.5 Å². The van der Waals surface area contributed by atoms with Crippen molar-refractivity contribution >= 4 is 17.5 Å². The van der Waals surface area contributed by atoms with Crippen molar-refractivity contribution in [2.75, 3.05) is 24.5 Å². The maximum absolute atomic E-state index is 13.4. The van der Waals surface area contributed by atoms with E-state index in [0.717, 1.165) is 12.1 Å². The minimum Gasteiger partial charge on any atom is -0.444 e. The van der Waals surface area contributed by atoms with Crippen molar-refractivity contribution in [3.63, 3.8) is 0 Å². The summed E-state index contributed by atoms with van der Waals surface area (Å²) in [5.74, 6) is 0. The highest BCUT2D eigenvalue weighted by Crippen LogP contribution is 2.39. The summed E-state index contributed by atoms with van der Waals surface area (Å²) >= 11 is 0. The fraction of sp³-hybridized carbons (Fsp3) is 0.588. The van der Waals surface area contributed by atoms with Gasteiger partial charge in [0.2, 0.25) is 0 Å². The van der Waals surface area contributed by atoms with E-state index in [0.29, 0.717) is 6.07 Å². The highest BCUT2D eigenvalue weighted by Gasteiger charge is 2.38. The quantitative estimate of drug-likeness (QED) is 0.563. The van der Waals surface area contributed by atoms with E-state index in [1.807, 2.05) is 0 Å². The second-order valence-corrected chi connectivity index (χ2v) is 7.43. The van der Waals surface area contributed by atoms with Gasteiger partial charge in [-0.3, -0.25) is 10.1 Å². The van der Waals surface area contributed by atoms with Crippen molar-refractivity contribution in [3.8, 4) is 0 Å². The molecule has 0 bridgehead atoms. The molecule has 0 saturated carbocycles. The predicted molar refractivity (Wildman–Crippen MR) is 92.7 cm³/mol. The molecule has 0 aliphatic carbocycles. The highest BCUT2D eigenvalue weighted by atomic mass is 19.4. The number of nitrogens with zero attached hydrogens (tertiary/aromatic N) is 3. The van der Waals surface area contributed by atoms with Crippen LogP contribution in [0.1, 0.15) is 33.3 Å². The van der Waals surface area contributed by atoms with Crippen molar-refractivity contribution in [1.29, 1.82) is 0 Å². The number of anilines is 1. The van der Waals surface area contributed by atoms with E-state index >= 15 is 0 Å². The molecule has 1 fully saturated rings. The van der Waals surface area contributed by atoms with Crippen LogP contribution in [0.2, 0.25) is 0 Å². The number of hydrogen-bond donors (Lipinski definition) is 0. The van der Waals surface area contributed by atoms with Gasteiger partial charge in [0.15, 0.2) is 0 Å². The van der Waals surface area contributed by atoms with Gasteiger partial charge >= 0.3 is 12.3 Å². The first-order valence-corrected chi connectivity index (χ1v) is 8.40. The van der Waals surface area contributed by atoms with Crippen molar-refractivity contribution < 1.29 is 27.6 Å². The molecule has 1 aromatic carbocycles. The van der Waals surface area contributed by atoms with E-state index in [2.05, 4.69) is 0 Å². The number of piperazine rings is 1. The van der Waals surface area contributed by atoms with Crippen LogP contribution in [0.25, 0.3) is 0 Å². The largest absolute Gasteiger partial charge is 0.444 e. The summed E-state index contributed by atoms with van der Waals surface area (Å²) < 4.78 is 45.5. The Morgan fingerprint density at radius 1 is 1.26 bits per heavy atom. The number of nitro benzene ring substituents is 1. The van der Waals surface area contributed by atoms with Gasteiger partial charge in [-0.05, 0) is 33.8 Å². The van der Waals surface area contributed by atoms with E-state index in [1.54, 1.807) is 27.7 Å². The molecule has 1 unspecified atom stereocenters. The number of non-ortho nitro benzene ring substituents is 1. The third kappa shape index (κ3) is 5.01. The first kappa shape index (κ1) is 20.8. The number of amides is 1. The van der Waals surface area contributed by atoms with Crippen LogP contribution in [0.4, 0.5) is 29.3 Å². The standard InChI is InChI=1S/C17H22F3N3O4/c1-11-10-21(7-8-22(11)15(24)27-16(2,3)4)14-6-5-12(23(25)26)9-13(14)17(18,19)20/h5-6,9,11H,7-8,10H2,1-4H3. The van der Waals surface area contributed by atoms with E-state index in [4.69, 9.17) is 4.74 Å². The molecule has 0 aromatic heterocycles. The van der Waals surface area contributed by atoms with Crippen LogP contribution in [0.5, 0.6) is 0 Å². The van der Waals surface area contributed by atoms with E-state index < -0.39 is 34.0 Å². The molecular weight excluding hydrogens is 367 g/mol. The summed E-state index contributed by atoms with van der Waals surface area (Å²) in [6, 6.07) is 2.32. The zero-order chi connectivity index (χ0) is 20.6. The molecule has 1 heterocycles. The van der Waals surface area contributed by atoms with Crippen molar-refractivity contribution in [3.05, 3.63) is 33.9 Å². The number of carbonyl (C=O) groups is 1. The molecule has 0 radical (unpaired) electrons. The number of benzene rings is 1. The van der Waals surface area contributed by atoms with Gasteiger partial charge in [-0.25, -0.2) is 4.79 Å². The maximum atomic E-state index is 13.4. The molecule has 1 aliphatic rings. The number of rotatable bonds is 2. The monoisotopic (exact) mass is 389 g/mol. The first-order chi connectivity index (χ1) is 12.3. The summed E-state index contributed by atoms with van der Waals surface area (Å²) in [5, 5.41) is 10.8. The predicted octanol–water partition coefficient (Wildman–Crippen LogP) is 4.06. The number of nitro groups is 1. The number of carbonyl (C=O) groups excluding carboxylic acids is 1. The van der Waals surface area contributed by atoms with Gasteiger partial charge in [0.25, 0.3) is 5.69 Å². The van der Waals surface area contributed by atoms with Crippen LogP contribution >= 0.6 is 0 Å². The van der Waals surface area contributed by atoms with Gasteiger partial charge < -0.3 is 14.5 Å². The normalized spacial score (nSPS) is 18.4. The third-order valence-corrected chi connectivity index (χ3v) is 4.09. The first-order valence-electron chi connectivity index (χ1n) is 8.40. The van der Waals surface area contributed by atoms with Gasteiger partial charge in [0, 0.05) is 43.5 Å². The topological polar surface area (TPSA) is 75.9 Å². The summed E-state index contributed by atoms with van der Waals surface area (Å²) in [7, 11) is 0. The van der Waals surface area contributed by atoms with Gasteiger partial charge in [0.1, 0.15) is 5.60 Å². The molecule has 1 atom stereocenters. The molecule has 27 heavy (non-hydrogen) atoms. The summed E-state index contributed by atoms with van der Waals surface area (Å²) in [5.41, 5.74) is -2.49. The lowest BCUT2D eigenvalue weighted by Crippen LogP contribution is -2.55. The molecule has 1 aromatic rings. The van der Waals surface area contributed by atoms with Crippen LogP contribution in [0.15, 0.2) is 18.2 Å². The van der Waals surface area contributed by atoms with Gasteiger partial charge in [-0.15, -0.1) is 0 Å². The fourth-order valence-electron chi connectivity index (χ4n) is 2.91. The molecule has 0 N–H and O–H groups in total. The smallest absolute Gasteiger partial charge is 0.418 e. The Bertz CT molecular complexity index is 731. The van der Waals surface area contributed by atoms with Crippen LogP contribution < -0.4 is 4.90 Å². The molecule has 150 valence electrons. The van der Waals surface area contributed by atoms with Crippen LogP contribution in [-0.4, -0.2) is 47.2 Å². The molecule has 2 rings (SSSR count). The minimum absolute atomic E-state index is 0.135. The number of halogens is 3. The lowest BCUT2D eigenvalue weighted by atomic mass is 10.1. The lowest BCUT2D eigenvalue weighted by Gasteiger charge is -2.41. The van der Waals surface area contributed by atoms with E-state index in [-0.39, 0.29) is 31.4 Å². The van der Waals surface area contributed by atoms with Crippen LogP contribution in [0, 0.1) is 10.1 Å². The lowest BCUT2D eigenvalue weighted by molar-refractivity contribution is -0.385. The Balaban J connectivity index is 2.24. The Morgan fingerprint density at radius 3 is 2.37 bits per heavy atom. The fourth-order valence-corrected chi connectivity index (χ4v) is 2.91. The zero-order valence-electron chi connectivity index (χ0n) is 15.5. The SMILES string of the molecule is CC1CN(c2ccc([N+](=O)[O-])cc2C(F)(F)F)CCN1C(=O)OC(C)(C)C. The molecule has 1 aliphatic heterocycles. The van der Waals surface area contributed by atoms with Crippen molar-refractivity contribution in [2.24, 2.45) is 0 Å². The average molecular weight is 389 g/mol. The Kier molecular flexibility index (Phi) is 5.58. The minimum atomic E-state index is -4.73. The number of hydrogen-bond acceptors (Lipinski definition) is 5. The van der Waals surface area contributed by atoms with E-state index in [9.17, 15) is 28.1 Å². The van der Waals surface area contributed by atoms with Crippen molar-refractivity contribution in [2.45, 2.75) is 45.5 Å². The molecule has 1 saturated heterocycles. The third-order valence-electron chi connectivity index (χ3n) is 4.09. The molecule has 10 heteroatoms. The van der Waals surface area contributed by atoms with Crippen molar-refractivity contribution in [1.82, 2.24) is 4.90 Å². The number of ether oxygens (including phenoxy) is 1. The summed E-state index contributed by atoms with van der Waals surface area (Å²) in [6.45, 7) is 7.42. The second kappa shape index (κ2) is 7.24. The van der Waals surface area contributed by atoms with Gasteiger partial charge in [-0.1, -0.05) is 0 Å². The second-order valence-electron chi connectivity index (χ2n) is 7.43. The highest BCUT2D eigenvalue weighted by molar-refractivity contribution is 5.69. The Morgan fingerprint density at radius 2 is 1.89 bits per heavy atom. The van der Waals surface area contributed by atoms with Crippen LogP contribution in [0.3, 0.4) is 0 Å². The summed E-state index contributed by atoms with van der Waals surface area (Å²) in [4.78, 5) is 25.2. The zero-order valence-corrected chi connectivity index (χ0v) is 15.5. The Labute approximate surface area is 154 Å². The molecule has 1 amide bonds. The average Bonchev–Trinajstić information content (AvgIpc) is 2.51. The molecular formula is C17H22F3N3O4. The molecule has 7 nitrogen and oxygen atoms in total. The number of alkyl halides is 3. The summed E-state index contributed by atoms with van der Waals surface area (Å²) in [6.07, 6.45) is -5.25.